The molecular weight excluding hydrogens is 365 g/mol. The third-order valence-corrected chi connectivity index (χ3v) is 2.57. The van der Waals surface area contributed by atoms with Crippen LogP contribution in [0.2, 0.25) is 0 Å². The summed E-state index contributed by atoms with van der Waals surface area (Å²) in [5.74, 6) is -1.45. The van der Waals surface area contributed by atoms with Gasteiger partial charge in [0, 0.05) is 0 Å². The number of halogens is 5. The minimum atomic E-state index is -4.93. The Labute approximate surface area is 106 Å². The number of ether oxygens (including phenoxy) is 1. The number of aromatic hydroxyl groups is 1. The quantitative estimate of drug-likeness (QED) is 0.645. The number of hydrogen-bond acceptors (Lipinski definition) is 4. The summed E-state index contributed by atoms with van der Waals surface area (Å²) in [6.07, 6.45) is -4.28. The molecule has 0 aliphatic carbocycles. The molecule has 0 saturated heterocycles. The van der Waals surface area contributed by atoms with Crippen molar-refractivity contribution in [1.29, 1.82) is 0 Å². The SMILES string of the molecule is O=C(Cl)c1c(O)cnc(OC(F)(F)F)c1I. The van der Waals surface area contributed by atoms with Gasteiger partial charge in [-0.1, -0.05) is 0 Å². The molecule has 0 atom stereocenters. The monoisotopic (exact) mass is 367 g/mol. The summed E-state index contributed by atoms with van der Waals surface area (Å²) in [6, 6.07) is 0. The minimum Gasteiger partial charge on any atom is -0.505 e. The van der Waals surface area contributed by atoms with E-state index in [0.29, 0.717) is 6.20 Å². The average Bonchev–Trinajstić information content (AvgIpc) is 2.07. The van der Waals surface area contributed by atoms with Crippen LogP contribution in [-0.2, 0) is 0 Å². The first-order chi connectivity index (χ1) is 7.22. The van der Waals surface area contributed by atoms with E-state index in [1.54, 1.807) is 0 Å². The summed E-state index contributed by atoms with van der Waals surface area (Å²) in [5.41, 5.74) is -0.475. The van der Waals surface area contributed by atoms with Crippen molar-refractivity contribution in [2.75, 3.05) is 0 Å². The van der Waals surface area contributed by atoms with E-state index in [9.17, 15) is 23.1 Å². The highest BCUT2D eigenvalue weighted by molar-refractivity contribution is 14.1. The number of hydrogen-bond donors (Lipinski definition) is 1. The van der Waals surface area contributed by atoms with Gasteiger partial charge in [0.05, 0.1) is 15.3 Å². The van der Waals surface area contributed by atoms with Crippen LogP contribution in [0.1, 0.15) is 10.4 Å². The normalized spacial score (nSPS) is 11.3. The molecule has 1 aromatic rings. The van der Waals surface area contributed by atoms with E-state index in [-0.39, 0.29) is 3.57 Å². The lowest BCUT2D eigenvalue weighted by atomic mass is 10.2. The van der Waals surface area contributed by atoms with Gasteiger partial charge in [-0.25, -0.2) is 4.98 Å². The molecule has 1 rings (SSSR count). The van der Waals surface area contributed by atoms with Crippen LogP contribution in [0, 0.1) is 3.57 Å². The molecule has 0 spiro atoms. The lowest BCUT2D eigenvalue weighted by Crippen LogP contribution is -2.19. The molecule has 4 nitrogen and oxygen atoms in total. The Morgan fingerprint density at radius 2 is 2.12 bits per heavy atom. The Morgan fingerprint density at radius 1 is 1.56 bits per heavy atom. The highest BCUT2D eigenvalue weighted by atomic mass is 127. The fraction of sp³-hybridized carbons (Fsp3) is 0.143. The zero-order chi connectivity index (χ0) is 12.5. The van der Waals surface area contributed by atoms with E-state index in [2.05, 4.69) is 9.72 Å². The molecule has 0 unspecified atom stereocenters. The second kappa shape index (κ2) is 4.62. The number of carbonyl (C=O) groups excluding carboxylic acids is 1. The maximum atomic E-state index is 11.9. The molecule has 0 aromatic carbocycles. The van der Waals surface area contributed by atoms with E-state index in [1.165, 1.54) is 22.6 Å². The Bertz CT molecular complexity index is 438. The first kappa shape index (κ1) is 13.3. The third-order valence-electron chi connectivity index (χ3n) is 1.38. The third kappa shape index (κ3) is 3.11. The maximum absolute atomic E-state index is 11.9. The predicted molar refractivity (Wildman–Crippen MR) is 55.5 cm³/mol. The van der Waals surface area contributed by atoms with E-state index in [0.717, 1.165) is 0 Å². The van der Waals surface area contributed by atoms with Crippen LogP contribution >= 0.6 is 34.2 Å². The van der Waals surface area contributed by atoms with Gasteiger partial charge in [0.2, 0.25) is 5.88 Å². The number of alkyl halides is 3. The molecule has 0 bridgehead atoms. The molecule has 0 aliphatic rings. The molecule has 0 aliphatic heterocycles. The molecule has 0 fully saturated rings. The van der Waals surface area contributed by atoms with Crippen LogP contribution in [0.15, 0.2) is 6.20 Å². The Balaban J connectivity index is 3.24. The molecule has 88 valence electrons. The number of carbonyl (C=O) groups is 1. The largest absolute Gasteiger partial charge is 0.574 e. The fourth-order valence-corrected chi connectivity index (χ4v) is 1.95. The highest BCUT2D eigenvalue weighted by Crippen LogP contribution is 2.32. The summed E-state index contributed by atoms with van der Waals surface area (Å²) >= 11 is 6.46. The lowest BCUT2D eigenvalue weighted by molar-refractivity contribution is -0.276. The number of rotatable bonds is 2. The van der Waals surface area contributed by atoms with Gasteiger partial charge in [-0.2, -0.15) is 0 Å². The zero-order valence-electron chi connectivity index (χ0n) is 7.18. The number of aromatic nitrogens is 1. The van der Waals surface area contributed by atoms with Crippen molar-refractivity contribution >= 4 is 39.4 Å². The van der Waals surface area contributed by atoms with Crippen molar-refractivity contribution in [3.8, 4) is 11.6 Å². The van der Waals surface area contributed by atoms with Crippen LogP contribution in [0.5, 0.6) is 11.6 Å². The topological polar surface area (TPSA) is 59.4 Å². The van der Waals surface area contributed by atoms with Crippen LogP contribution in [0.4, 0.5) is 13.2 Å². The van der Waals surface area contributed by atoms with Gasteiger partial charge >= 0.3 is 6.36 Å². The molecule has 16 heavy (non-hydrogen) atoms. The standard InChI is InChI=1S/C7H2ClF3INO3/c8-5(15)3-2(14)1-13-6(4(3)12)16-7(9,10)11/h1,14H. The first-order valence-corrected chi connectivity index (χ1v) is 5.01. The maximum Gasteiger partial charge on any atom is 0.574 e. The zero-order valence-corrected chi connectivity index (χ0v) is 10.1. The Hall–Kier alpha value is -0.770. The molecular formula is C7H2ClF3INO3. The van der Waals surface area contributed by atoms with Gasteiger partial charge in [-0.15, -0.1) is 13.2 Å². The van der Waals surface area contributed by atoms with E-state index in [4.69, 9.17) is 11.6 Å². The van der Waals surface area contributed by atoms with Crippen molar-refractivity contribution in [3.05, 3.63) is 15.3 Å². The molecule has 1 heterocycles. The van der Waals surface area contributed by atoms with Gasteiger partial charge in [0.15, 0.2) is 0 Å². The summed E-state index contributed by atoms with van der Waals surface area (Å²) in [7, 11) is 0. The summed E-state index contributed by atoms with van der Waals surface area (Å²) < 4.78 is 39.0. The van der Waals surface area contributed by atoms with Crippen LogP contribution in [0.3, 0.4) is 0 Å². The van der Waals surface area contributed by atoms with Crippen molar-refractivity contribution in [1.82, 2.24) is 4.98 Å². The second-order valence-corrected chi connectivity index (χ2v) is 3.88. The van der Waals surface area contributed by atoms with Gasteiger partial charge in [0.1, 0.15) is 5.75 Å². The van der Waals surface area contributed by atoms with Gasteiger partial charge < -0.3 is 9.84 Å². The summed E-state index contributed by atoms with van der Waals surface area (Å²) in [5, 5.41) is 8.07. The molecule has 1 N–H and O–H groups in total. The van der Waals surface area contributed by atoms with Gasteiger partial charge in [-0.05, 0) is 34.2 Å². The van der Waals surface area contributed by atoms with Crippen LogP contribution in [0.25, 0.3) is 0 Å². The second-order valence-electron chi connectivity index (χ2n) is 2.46. The number of nitrogens with zero attached hydrogens (tertiary/aromatic N) is 1. The molecule has 0 radical (unpaired) electrons. The Kier molecular flexibility index (Phi) is 3.84. The van der Waals surface area contributed by atoms with Gasteiger partial charge in [0.25, 0.3) is 5.24 Å². The molecule has 1 aromatic heterocycles. The van der Waals surface area contributed by atoms with Crippen molar-refractivity contribution in [3.63, 3.8) is 0 Å². The molecule has 0 saturated carbocycles. The van der Waals surface area contributed by atoms with Crippen molar-refractivity contribution < 1.29 is 27.8 Å². The van der Waals surface area contributed by atoms with E-state index >= 15 is 0 Å². The smallest absolute Gasteiger partial charge is 0.505 e. The first-order valence-electron chi connectivity index (χ1n) is 3.55. The minimum absolute atomic E-state index is 0.310. The lowest BCUT2D eigenvalue weighted by Gasteiger charge is -2.11. The summed E-state index contributed by atoms with van der Waals surface area (Å²) in [4.78, 5) is 14.0. The molecule has 9 heteroatoms. The van der Waals surface area contributed by atoms with E-state index in [1.807, 2.05) is 0 Å². The summed E-state index contributed by atoms with van der Waals surface area (Å²) in [6.45, 7) is 0. The number of pyridine rings is 1. The van der Waals surface area contributed by atoms with Crippen LogP contribution < -0.4 is 4.74 Å². The van der Waals surface area contributed by atoms with Crippen molar-refractivity contribution in [2.24, 2.45) is 0 Å². The average molecular weight is 367 g/mol. The van der Waals surface area contributed by atoms with Crippen molar-refractivity contribution in [2.45, 2.75) is 6.36 Å². The Morgan fingerprint density at radius 3 is 2.56 bits per heavy atom. The highest BCUT2D eigenvalue weighted by Gasteiger charge is 2.34. The molecule has 0 amide bonds. The predicted octanol–water partition coefficient (Wildman–Crippen LogP) is 2.67. The van der Waals surface area contributed by atoms with Crippen LogP contribution in [-0.4, -0.2) is 21.7 Å². The van der Waals surface area contributed by atoms with Gasteiger partial charge in [-0.3, -0.25) is 4.79 Å². The fourth-order valence-electron chi connectivity index (χ4n) is 0.828. The van der Waals surface area contributed by atoms with E-state index < -0.39 is 28.8 Å².